The molecule has 24 heavy (non-hydrogen) atoms. The van der Waals surface area contributed by atoms with Crippen LogP contribution < -0.4 is 0 Å². The van der Waals surface area contributed by atoms with E-state index in [-0.39, 0.29) is 5.60 Å². The number of methoxy groups -OCH3 is 1. The average Bonchev–Trinajstić information content (AvgIpc) is 2.57. The summed E-state index contributed by atoms with van der Waals surface area (Å²) in [6, 6.07) is 12.1. The second kappa shape index (κ2) is 5.10. The molecule has 1 N–H and O–H groups in total. The van der Waals surface area contributed by atoms with E-state index in [0.29, 0.717) is 11.7 Å². The molecule has 0 heterocycles. The van der Waals surface area contributed by atoms with Crippen molar-refractivity contribution in [2.75, 3.05) is 7.11 Å². The third-order valence-electron chi connectivity index (χ3n) is 6.67. The van der Waals surface area contributed by atoms with E-state index in [9.17, 15) is 5.11 Å². The maximum Gasteiger partial charge on any atom is 0.116 e. The predicted molar refractivity (Wildman–Crippen MR) is 96.9 cm³/mol. The number of phenols is 1. The third-order valence-corrected chi connectivity index (χ3v) is 6.67. The van der Waals surface area contributed by atoms with E-state index < -0.39 is 0 Å². The number of hydrogen-bond acceptors (Lipinski definition) is 2. The third kappa shape index (κ3) is 2.12. The number of hydrogen-bond donors (Lipinski definition) is 1. The molecule has 2 nitrogen and oxygen atoms in total. The molecule has 2 atom stereocenters. The summed E-state index contributed by atoms with van der Waals surface area (Å²) in [6.07, 6.45) is 8.91. The van der Waals surface area contributed by atoms with Gasteiger partial charge in [0.05, 0.1) is 5.60 Å². The molecular formula is C22H24O2. The van der Waals surface area contributed by atoms with Crippen LogP contribution in [0.5, 0.6) is 5.75 Å². The SMILES string of the molecule is COC12CC3CC(CC(C3)C1=Cc1ccc3ccc(O)cc3c1)C2. The van der Waals surface area contributed by atoms with Crippen LogP contribution in [-0.4, -0.2) is 17.8 Å². The molecule has 2 unspecified atom stereocenters. The summed E-state index contributed by atoms with van der Waals surface area (Å²) < 4.78 is 6.13. The molecule has 4 aliphatic rings. The van der Waals surface area contributed by atoms with Crippen LogP contribution >= 0.6 is 0 Å². The number of fused-ring (bicyclic) bond motifs is 1. The molecule has 6 rings (SSSR count). The molecule has 0 amide bonds. The molecule has 0 spiro atoms. The fourth-order valence-corrected chi connectivity index (χ4v) is 5.83. The topological polar surface area (TPSA) is 29.5 Å². The van der Waals surface area contributed by atoms with Crippen molar-refractivity contribution in [2.45, 2.75) is 37.7 Å². The second-order valence-electron chi connectivity index (χ2n) is 8.13. The molecule has 4 saturated carbocycles. The molecule has 0 saturated heterocycles. The van der Waals surface area contributed by atoms with Crippen LogP contribution in [-0.2, 0) is 4.74 Å². The van der Waals surface area contributed by atoms with Crippen LogP contribution in [0, 0.1) is 17.8 Å². The molecule has 2 heteroatoms. The number of benzene rings is 2. The zero-order valence-corrected chi connectivity index (χ0v) is 14.2. The highest BCUT2D eigenvalue weighted by atomic mass is 16.5. The van der Waals surface area contributed by atoms with E-state index >= 15 is 0 Å². The lowest BCUT2D eigenvalue weighted by Crippen LogP contribution is -2.53. The minimum atomic E-state index is -0.0114. The average molecular weight is 320 g/mol. The van der Waals surface area contributed by atoms with E-state index in [1.54, 1.807) is 6.07 Å². The normalized spacial score (nSPS) is 35.9. The standard InChI is InChI=1S/C22H24O2/c1-24-22-12-15-6-16(13-22)9-19(8-15)21(22)10-14-2-3-17-4-5-20(23)11-18(17)7-14/h2-5,7,10-11,15-16,19,23H,6,8-9,12-13H2,1H3. The van der Waals surface area contributed by atoms with Crippen LogP contribution in [0.3, 0.4) is 0 Å². The van der Waals surface area contributed by atoms with Crippen molar-refractivity contribution in [2.24, 2.45) is 17.8 Å². The minimum Gasteiger partial charge on any atom is -0.508 e. The first-order valence-electron chi connectivity index (χ1n) is 9.15. The lowest BCUT2D eigenvalue weighted by molar-refractivity contribution is -0.0997. The molecule has 0 radical (unpaired) electrons. The summed E-state index contributed by atoms with van der Waals surface area (Å²) in [4.78, 5) is 0. The fraction of sp³-hybridized carbons (Fsp3) is 0.455. The number of aromatic hydroxyl groups is 1. The quantitative estimate of drug-likeness (QED) is 0.829. The van der Waals surface area contributed by atoms with Gasteiger partial charge in [-0.2, -0.15) is 0 Å². The van der Waals surface area contributed by atoms with E-state index in [1.165, 1.54) is 48.6 Å². The molecular weight excluding hydrogens is 296 g/mol. The van der Waals surface area contributed by atoms with Crippen molar-refractivity contribution >= 4 is 16.8 Å². The van der Waals surface area contributed by atoms with Crippen LogP contribution in [0.1, 0.15) is 37.7 Å². The van der Waals surface area contributed by atoms with Crippen molar-refractivity contribution in [3.05, 3.63) is 47.5 Å². The maximum absolute atomic E-state index is 9.75. The van der Waals surface area contributed by atoms with Crippen molar-refractivity contribution < 1.29 is 9.84 Å². The first kappa shape index (κ1) is 14.5. The second-order valence-corrected chi connectivity index (χ2v) is 8.13. The molecule has 2 aromatic rings. The van der Waals surface area contributed by atoms with Gasteiger partial charge in [-0.15, -0.1) is 0 Å². The number of rotatable bonds is 2. The zero-order valence-electron chi connectivity index (χ0n) is 14.2. The number of ether oxygens (including phenoxy) is 1. The highest BCUT2D eigenvalue weighted by molar-refractivity contribution is 5.86. The monoisotopic (exact) mass is 320 g/mol. The summed E-state index contributed by atoms with van der Waals surface area (Å²) in [6.45, 7) is 0. The Hall–Kier alpha value is -1.80. The predicted octanol–water partition coefficient (Wildman–Crippen LogP) is 5.15. The number of phenolic OH excluding ortho intramolecular Hbond substituents is 1. The molecule has 2 aromatic carbocycles. The highest BCUT2D eigenvalue weighted by Crippen LogP contribution is 2.59. The Balaban J connectivity index is 1.59. The Labute approximate surface area is 143 Å². The summed E-state index contributed by atoms with van der Waals surface area (Å²) in [5.41, 5.74) is 2.74. The Morgan fingerprint density at radius 2 is 1.75 bits per heavy atom. The van der Waals surface area contributed by atoms with Gasteiger partial charge in [-0.1, -0.05) is 24.3 Å². The van der Waals surface area contributed by atoms with E-state index in [2.05, 4.69) is 24.3 Å². The van der Waals surface area contributed by atoms with Gasteiger partial charge in [-0.3, -0.25) is 0 Å². The summed E-state index contributed by atoms with van der Waals surface area (Å²) in [7, 11) is 1.90. The molecule has 4 bridgehead atoms. The van der Waals surface area contributed by atoms with Crippen molar-refractivity contribution in [3.63, 3.8) is 0 Å². The Morgan fingerprint density at radius 1 is 1.00 bits per heavy atom. The van der Waals surface area contributed by atoms with Gasteiger partial charge >= 0.3 is 0 Å². The Morgan fingerprint density at radius 3 is 2.50 bits per heavy atom. The van der Waals surface area contributed by atoms with Gasteiger partial charge < -0.3 is 9.84 Å². The first-order valence-corrected chi connectivity index (χ1v) is 9.15. The van der Waals surface area contributed by atoms with Crippen LogP contribution in [0.25, 0.3) is 16.8 Å². The fourth-order valence-electron chi connectivity index (χ4n) is 5.83. The molecule has 4 aliphatic carbocycles. The Kier molecular flexibility index (Phi) is 3.09. The van der Waals surface area contributed by atoms with Gasteiger partial charge in [0.2, 0.25) is 0 Å². The lowest BCUT2D eigenvalue weighted by Gasteiger charge is -2.57. The minimum absolute atomic E-state index is 0.0114. The summed E-state index contributed by atoms with van der Waals surface area (Å²) >= 11 is 0. The summed E-state index contributed by atoms with van der Waals surface area (Å²) in [5, 5.41) is 12.0. The van der Waals surface area contributed by atoms with Crippen LogP contribution in [0.15, 0.2) is 42.0 Å². The molecule has 0 aromatic heterocycles. The molecule has 0 aliphatic heterocycles. The van der Waals surface area contributed by atoms with Crippen LogP contribution in [0.2, 0.25) is 0 Å². The van der Waals surface area contributed by atoms with Gasteiger partial charge in [0.15, 0.2) is 0 Å². The van der Waals surface area contributed by atoms with E-state index in [0.717, 1.165) is 17.2 Å². The van der Waals surface area contributed by atoms with Gasteiger partial charge in [0.1, 0.15) is 5.75 Å². The van der Waals surface area contributed by atoms with Crippen molar-refractivity contribution in [3.8, 4) is 5.75 Å². The van der Waals surface area contributed by atoms with E-state index in [4.69, 9.17) is 4.74 Å². The Bertz CT molecular complexity index is 821. The van der Waals surface area contributed by atoms with Gasteiger partial charge in [0.25, 0.3) is 0 Å². The summed E-state index contributed by atoms with van der Waals surface area (Å²) in [5.74, 6) is 2.77. The molecule has 4 fully saturated rings. The molecule has 124 valence electrons. The van der Waals surface area contributed by atoms with Crippen molar-refractivity contribution in [1.82, 2.24) is 0 Å². The maximum atomic E-state index is 9.75. The smallest absolute Gasteiger partial charge is 0.116 e. The largest absolute Gasteiger partial charge is 0.508 e. The zero-order chi connectivity index (χ0) is 16.3. The van der Waals surface area contributed by atoms with E-state index in [1.807, 2.05) is 19.2 Å². The highest BCUT2D eigenvalue weighted by Gasteiger charge is 2.54. The van der Waals surface area contributed by atoms with Gasteiger partial charge in [0, 0.05) is 7.11 Å². The lowest BCUT2D eigenvalue weighted by atomic mass is 9.52. The van der Waals surface area contributed by atoms with Gasteiger partial charge in [-0.25, -0.2) is 0 Å². The van der Waals surface area contributed by atoms with Crippen molar-refractivity contribution in [1.29, 1.82) is 0 Å². The van der Waals surface area contributed by atoms with Crippen LogP contribution in [0.4, 0.5) is 0 Å². The first-order chi connectivity index (χ1) is 11.6. The van der Waals surface area contributed by atoms with Gasteiger partial charge in [-0.05, 0) is 90.0 Å².